The first-order chi connectivity index (χ1) is 20.8. The van der Waals surface area contributed by atoms with E-state index in [1.807, 2.05) is 54.6 Å². The van der Waals surface area contributed by atoms with Gasteiger partial charge >= 0.3 is 17.3 Å². The van der Waals surface area contributed by atoms with Crippen molar-refractivity contribution in [2.45, 2.75) is 45.2 Å². The smallest absolute Gasteiger partial charge is 0.352 e. The van der Waals surface area contributed by atoms with E-state index in [0.29, 0.717) is 12.1 Å². The van der Waals surface area contributed by atoms with Crippen LogP contribution in [0.15, 0.2) is 81.4 Å². The number of benzene rings is 2. The van der Waals surface area contributed by atoms with Crippen molar-refractivity contribution in [1.29, 1.82) is 21.0 Å². The van der Waals surface area contributed by atoms with Crippen LogP contribution in [0.25, 0.3) is 5.69 Å². The molecule has 1 saturated carbocycles. The maximum absolute atomic E-state index is 14.2. The van der Waals surface area contributed by atoms with Crippen molar-refractivity contribution >= 4 is 5.97 Å². The third-order valence-corrected chi connectivity index (χ3v) is 8.68. The number of fused-ring (bicyclic) bond motifs is 3. The highest BCUT2D eigenvalue weighted by molar-refractivity contribution is 5.91. The zero-order chi connectivity index (χ0) is 30.9. The number of para-hydroxylation sites is 1. The summed E-state index contributed by atoms with van der Waals surface area (Å²) in [5.41, 5.74) is -4.26. The fraction of sp³-hybridized carbons (Fsp3) is 0.344. The van der Waals surface area contributed by atoms with Crippen LogP contribution < -0.4 is 11.4 Å². The molecule has 1 aromatic heterocycles. The van der Waals surface area contributed by atoms with Gasteiger partial charge in [0.1, 0.15) is 0 Å². The Balaban J connectivity index is 1.87. The molecule has 0 saturated heterocycles. The monoisotopic (exact) mass is 573 g/mol. The molecule has 2 aliphatic rings. The number of carbonyl (C=O) groups is 1. The molecule has 3 atom stereocenters. The number of nitriles is 4. The van der Waals surface area contributed by atoms with Gasteiger partial charge in [-0.05, 0) is 43.0 Å². The molecule has 0 radical (unpaired) electrons. The zero-order valence-electron chi connectivity index (χ0n) is 23.6. The summed E-state index contributed by atoms with van der Waals surface area (Å²) in [6.45, 7) is 3.13. The van der Waals surface area contributed by atoms with E-state index in [1.54, 1.807) is 37.3 Å². The molecular formula is C32H27N7O4. The molecule has 1 aliphatic carbocycles. The fourth-order valence-electron chi connectivity index (χ4n) is 6.60. The second-order valence-corrected chi connectivity index (χ2v) is 10.7. The van der Waals surface area contributed by atoms with Crippen LogP contribution in [0.1, 0.15) is 44.3 Å². The summed E-state index contributed by atoms with van der Waals surface area (Å²) in [5, 5.41) is 41.3. The van der Waals surface area contributed by atoms with Gasteiger partial charge in [-0.1, -0.05) is 55.5 Å². The zero-order valence-corrected chi connectivity index (χ0v) is 23.6. The van der Waals surface area contributed by atoms with E-state index in [0.717, 1.165) is 10.1 Å². The largest absolute Gasteiger partial charge is 0.463 e. The lowest BCUT2D eigenvalue weighted by atomic mass is 9.50. The van der Waals surface area contributed by atoms with Crippen molar-refractivity contribution in [3.63, 3.8) is 0 Å². The highest BCUT2D eigenvalue weighted by atomic mass is 16.5. The lowest BCUT2D eigenvalue weighted by Crippen LogP contribution is -2.55. The van der Waals surface area contributed by atoms with Crippen LogP contribution in [0.3, 0.4) is 0 Å². The summed E-state index contributed by atoms with van der Waals surface area (Å²) >= 11 is 0. The maximum atomic E-state index is 14.2. The second-order valence-electron chi connectivity index (χ2n) is 10.7. The van der Waals surface area contributed by atoms with Gasteiger partial charge in [-0.3, -0.25) is 0 Å². The van der Waals surface area contributed by atoms with Gasteiger partial charge in [-0.15, -0.1) is 0 Å². The van der Waals surface area contributed by atoms with Crippen molar-refractivity contribution in [3.05, 3.63) is 98.3 Å². The second kappa shape index (κ2) is 11.0. The molecule has 0 spiro atoms. The minimum atomic E-state index is -2.18. The molecule has 1 unspecified atom stereocenters. The van der Waals surface area contributed by atoms with Crippen LogP contribution in [0.4, 0.5) is 0 Å². The molecule has 3 aromatic rings. The molecule has 0 bridgehead atoms. The van der Waals surface area contributed by atoms with E-state index in [4.69, 9.17) is 4.74 Å². The maximum Gasteiger partial charge on any atom is 0.352 e. The Labute approximate surface area is 247 Å². The highest BCUT2D eigenvalue weighted by Crippen LogP contribution is 2.60. The van der Waals surface area contributed by atoms with Crippen LogP contribution in [0.2, 0.25) is 0 Å². The number of allylic oxidation sites excluding steroid dienone is 1. The third kappa shape index (κ3) is 4.09. The minimum absolute atomic E-state index is 0.00986. The lowest BCUT2D eigenvalue weighted by molar-refractivity contribution is -0.139. The number of hydrogen-bond acceptors (Lipinski definition) is 8. The quantitative estimate of drug-likeness (QED) is 0.403. The number of ether oxygens (including phenoxy) is 1. The SMILES string of the molecule is CCOC(=O)C1=C2CC(C#N)(C#N)C(C#N)(C#N)C(C)[C@H]2n2c(=O)n(-c3ccccc3)c(=O)n2[C@H]1CCc1ccccc1. The van der Waals surface area contributed by atoms with E-state index < -0.39 is 52.6 Å². The van der Waals surface area contributed by atoms with Gasteiger partial charge in [-0.25, -0.2) is 28.3 Å². The van der Waals surface area contributed by atoms with E-state index >= 15 is 0 Å². The molecule has 0 amide bonds. The number of nitrogens with zero attached hydrogens (tertiary/aromatic N) is 7. The summed E-state index contributed by atoms with van der Waals surface area (Å²) in [5.74, 6) is -1.91. The molecule has 0 N–H and O–H groups in total. The molecule has 11 heteroatoms. The average molecular weight is 574 g/mol. The predicted octanol–water partition coefficient (Wildman–Crippen LogP) is 3.50. The normalized spacial score (nSPS) is 21.2. The van der Waals surface area contributed by atoms with Gasteiger partial charge in [0.05, 0.1) is 54.2 Å². The summed E-state index contributed by atoms with van der Waals surface area (Å²) in [4.78, 5) is 42.2. The van der Waals surface area contributed by atoms with Crippen molar-refractivity contribution in [2.24, 2.45) is 16.7 Å². The van der Waals surface area contributed by atoms with E-state index in [9.17, 15) is 35.4 Å². The Morgan fingerprint density at radius 1 is 0.907 bits per heavy atom. The molecule has 43 heavy (non-hydrogen) atoms. The van der Waals surface area contributed by atoms with Crippen molar-refractivity contribution in [1.82, 2.24) is 13.9 Å². The number of aromatic nitrogens is 3. The molecule has 5 rings (SSSR count). The van der Waals surface area contributed by atoms with Crippen molar-refractivity contribution in [3.8, 4) is 30.0 Å². The highest BCUT2D eigenvalue weighted by Gasteiger charge is 2.66. The molecule has 214 valence electrons. The topological polar surface area (TPSA) is 170 Å². The Bertz CT molecular complexity index is 1880. The minimum Gasteiger partial charge on any atom is -0.463 e. The first kappa shape index (κ1) is 28.9. The number of rotatable bonds is 6. The van der Waals surface area contributed by atoms with Gasteiger partial charge < -0.3 is 4.74 Å². The number of hydrogen-bond donors (Lipinski definition) is 0. The van der Waals surface area contributed by atoms with E-state index in [1.165, 1.54) is 16.3 Å². The number of carbonyl (C=O) groups excluding carboxylic acids is 1. The Hall–Kier alpha value is -5.65. The van der Waals surface area contributed by atoms with Crippen LogP contribution in [0, 0.1) is 62.1 Å². The average Bonchev–Trinajstić information content (AvgIpc) is 3.29. The molecule has 2 aromatic carbocycles. The standard InChI is InChI=1S/C32H27N7O4/c1-3-43-28(40)26-24-16-31(17-33,18-34)32(19-35,20-36)21(2)27(24)39-30(42)37(23-12-8-5-9-13-23)29(41)38(39)25(26)15-14-22-10-6-4-7-11-22/h4-13,21,25,27H,3,14-16H2,1-2H3/t21?,25-,27+/m0/s1. The Morgan fingerprint density at radius 2 is 1.49 bits per heavy atom. The van der Waals surface area contributed by atoms with Crippen molar-refractivity contribution in [2.75, 3.05) is 6.61 Å². The molecule has 11 nitrogen and oxygen atoms in total. The summed E-state index contributed by atoms with van der Waals surface area (Å²) in [7, 11) is 0. The summed E-state index contributed by atoms with van der Waals surface area (Å²) in [6.07, 6.45) is 0.166. The van der Waals surface area contributed by atoms with Gasteiger partial charge in [0.2, 0.25) is 0 Å². The molecule has 2 heterocycles. The first-order valence-electron chi connectivity index (χ1n) is 13.9. The van der Waals surface area contributed by atoms with Gasteiger partial charge in [0.15, 0.2) is 10.8 Å². The van der Waals surface area contributed by atoms with Crippen LogP contribution >= 0.6 is 0 Å². The lowest BCUT2D eigenvalue weighted by Gasteiger charge is -2.49. The number of esters is 1. The fourth-order valence-corrected chi connectivity index (χ4v) is 6.60. The molecule has 1 aliphatic heterocycles. The van der Waals surface area contributed by atoms with Crippen LogP contribution in [0.5, 0.6) is 0 Å². The molecular weight excluding hydrogens is 546 g/mol. The summed E-state index contributed by atoms with van der Waals surface area (Å²) in [6, 6.07) is 23.2. The Morgan fingerprint density at radius 3 is 2.05 bits per heavy atom. The first-order valence-corrected chi connectivity index (χ1v) is 13.9. The summed E-state index contributed by atoms with van der Waals surface area (Å²) < 4.78 is 8.88. The van der Waals surface area contributed by atoms with Gasteiger partial charge in [-0.2, -0.15) is 21.0 Å². The van der Waals surface area contributed by atoms with E-state index in [-0.39, 0.29) is 24.2 Å². The van der Waals surface area contributed by atoms with E-state index in [2.05, 4.69) is 0 Å². The van der Waals surface area contributed by atoms with Gasteiger partial charge in [0, 0.05) is 12.3 Å². The third-order valence-electron chi connectivity index (χ3n) is 8.68. The van der Waals surface area contributed by atoms with Crippen LogP contribution in [-0.4, -0.2) is 26.5 Å². The molecule has 1 fully saturated rings. The van der Waals surface area contributed by atoms with Gasteiger partial charge in [0.25, 0.3) is 0 Å². The predicted molar refractivity (Wildman–Crippen MR) is 152 cm³/mol. The Kier molecular flexibility index (Phi) is 7.36. The number of aryl methyl sites for hydroxylation is 1. The van der Waals surface area contributed by atoms with Crippen molar-refractivity contribution < 1.29 is 9.53 Å². The van der Waals surface area contributed by atoms with Crippen LogP contribution in [-0.2, 0) is 16.0 Å².